The van der Waals surface area contributed by atoms with Crippen LogP contribution < -0.4 is 10.6 Å². The Kier molecular flexibility index (Phi) is 7.62. The van der Waals surface area contributed by atoms with E-state index < -0.39 is 0 Å². The number of thioether (sulfide) groups is 1. The number of amides is 2. The molecule has 0 bridgehead atoms. The lowest BCUT2D eigenvalue weighted by molar-refractivity contribution is -0.113. The smallest absolute Gasteiger partial charge is 0.251 e. The summed E-state index contributed by atoms with van der Waals surface area (Å²) in [6.45, 7) is 6.60. The summed E-state index contributed by atoms with van der Waals surface area (Å²) in [5.74, 6) is 0.349. The Labute approximate surface area is 212 Å². The van der Waals surface area contributed by atoms with Gasteiger partial charge in [0, 0.05) is 22.8 Å². The first kappa shape index (κ1) is 24.6. The SMILES string of the molecule is CC(C)(C)c1ccc(C(=O)NCc2nnc(SCC(=O)Nc3nccs3)n2-c2ccccc2)cc1. The van der Waals surface area contributed by atoms with E-state index in [1.807, 2.05) is 59.2 Å². The number of aromatic nitrogens is 4. The third kappa shape index (κ3) is 6.34. The molecule has 8 nitrogen and oxygen atoms in total. The molecule has 180 valence electrons. The van der Waals surface area contributed by atoms with Crippen molar-refractivity contribution in [1.29, 1.82) is 0 Å². The number of nitrogens with zero attached hydrogens (tertiary/aromatic N) is 4. The first-order valence-corrected chi connectivity index (χ1v) is 12.9. The number of thiazole rings is 1. The topological polar surface area (TPSA) is 102 Å². The van der Waals surface area contributed by atoms with Crippen LogP contribution in [0.3, 0.4) is 0 Å². The molecular formula is C25H26N6O2S2. The van der Waals surface area contributed by atoms with Gasteiger partial charge < -0.3 is 10.6 Å². The van der Waals surface area contributed by atoms with Crippen LogP contribution in [0.5, 0.6) is 0 Å². The summed E-state index contributed by atoms with van der Waals surface area (Å²) < 4.78 is 1.85. The summed E-state index contributed by atoms with van der Waals surface area (Å²) in [6, 6.07) is 17.2. The van der Waals surface area contributed by atoms with Crippen molar-refractivity contribution in [1.82, 2.24) is 25.1 Å². The molecule has 4 rings (SSSR count). The maximum atomic E-state index is 12.8. The van der Waals surface area contributed by atoms with Gasteiger partial charge in [-0.25, -0.2) is 4.98 Å². The number of rotatable bonds is 8. The van der Waals surface area contributed by atoms with Crippen LogP contribution >= 0.6 is 23.1 Å². The summed E-state index contributed by atoms with van der Waals surface area (Å²) in [7, 11) is 0. The molecule has 0 aliphatic carbocycles. The van der Waals surface area contributed by atoms with Crippen LogP contribution in [0.25, 0.3) is 5.69 Å². The van der Waals surface area contributed by atoms with E-state index in [1.54, 1.807) is 11.6 Å². The number of hydrogen-bond donors (Lipinski definition) is 2. The van der Waals surface area contributed by atoms with Crippen LogP contribution in [0, 0.1) is 0 Å². The molecule has 0 radical (unpaired) electrons. The monoisotopic (exact) mass is 506 g/mol. The molecule has 2 aromatic carbocycles. The highest BCUT2D eigenvalue weighted by Crippen LogP contribution is 2.24. The zero-order valence-electron chi connectivity index (χ0n) is 19.7. The van der Waals surface area contributed by atoms with Gasteiger partial charge in [0.05, 0.1) is 12.3 Å². The maximum Gasteiger partial charge on any atom is 0.251 e. The fourth-order valence-corrected chi connectivity index (χ4v) is 4.61. The first-order chi connectivity index (χ1) is 16.8. The van der Waals surface area contributed by atoms with Crippen LogP contribution in [0.4, 0.5) is 5.13 Å². The summed E-state index contributed by atoms with van der Waals surface area (Å²) in [4.78, 5) is 29.2. The fraction of sp³-hybridized carbons (Fsp3) is 0.240. The quantitative estimate of drug-likeness (QED) is 0.337. The number of para-hydroxylation sites is 1. The molecule has 0 atom stereocenters. The molecule has 0 spiro atoms. The molecular weight excluding hydrogens is 480 g/mol. The molecule has 2 aromatic heterocycles. The Morgan fingerprint density at radius 2 is 1.77 bits per heavy atom. The van der Waals surface area contributed by atoms with E-state index in [9.17, 15) is 9.59 Å². The molecule has 2 heterocycles. The largest absolute Gasteiger partial charge is 0.345 e. The van der Waals surface area contributed by atoms with Gasteiger partial charge in [0.1, 0.15) is 0 Å². The zero-order chi connectivity index (χ0) is 24.8. The fourth-order valence-electron chi connectivity index (χ4n) is 3.30. The molecule has 0 saturated carbocycles. The minimum Gasteiger partial charge on any atom is -0.345 e. The minimum absolute atomic E-state index is 0.0202. The van der Waals surface area contributed by atoms with Gasteiger partial charge in [-0.05, 0) is 35.2 Å². The van der Waals surface area contributed by atoms with Gasteiger partial charge in [-0.1, -0.05) is 62.9 Å². The van der Waals surface area contributed by atoms with Crippen molar-refractivity contribution in [3.05, 3.63) is 83.1 Å². The van der Waals surface area contributed by atoms with Crippen LogP contribution in [0.1, 0.15) is 42.5 Å². The van der Waals surface area contributed by atoms with Gasteiger partial charge in [0.15, 0.2) is 16.1 Å². The van der Waals surface area contributed by atoms with Gasteiger partial charge in [-0.15, -0.1) is 21.5 Å². The van der Waals surface area contributed by atoms with E-state index in [1.165, 1.54) is 28.7 Å². The Morgan fingerprint density at radius 3 is 2.43 bits per heavy atom. The molecule has 2 amide bonds. The van der Waals surface area contributed by atoms with E-state index in [0.717, 1.165) is 5.69 Å². The number of benzene rings is 2. The highest BCUT2D eigenvalue weighted by atomic mass is 32.2. The van der Waals surface area contributed by atoms with Gasteiger partial charge in [0.2, 0.25) is 5.91 Å². The highest BCUT2D eigenvalue weighted by Gasteiger charge is 2.18. The van der Waals surface area contributed by atoms with Crippen molar-refractivity contribution in [2.75, 3.05) is 11.1 Å². The summed E-state index contributed by atoms with van der Waals surface area (Å²) in [5.41, 5.74) is 2.61. The lowest BCUT2D eigenvalue weighted by Gasteiger charge is -2.19. The molecule has 2 N–H and O–H groups in total. The van der Waals surface area contributed by atoms with Crippen molar-refractivity contribution < 1.29 is 9.59 Å². The second kappa shape index (κ2) is 10.8. The Bertz CT molecular complexity index is 1280. The van der Waals surface area contributed by atoms with Gasteiger partial charge in [0.25, 0.3) is 5.91 Å². The van der Waals surface area contributed by atoms with Crippen molar-refractivity contribution in [2.24, 2.45) is 0 Å². The number of hydrogen-bond acceptors (Lipinski definition) is 7. The number of carbonyl (C=O) groups is 2. The number of carbonyl (C=O) groups excluding carboxylic acids is 2. The standard InChI is InChI=1S/C25H26N6O2S2/c1-25(2,3)18-11-9-17(10-12-18)22(33)27-15-20-29-30-24(31(20)19-7-5-4-6-8-19)35-16-21(32)28-23-26-13-14-34-23/h4-14H,15-16H2,1-3H3,(H,27,33)(H,26,28,32). The molecule has 4 aromatic rings. The molecule has 0 saturated heterocycles. The summed E-state index contributed by atoms with van der Waals surface area (Å²) >= 11 is 2.63. The molecule has 35 heavy (non-hydrogen) atoms. The van der Waals surface area contributed by atoms with Gasteiger partial charge in [-0.3, -0.25) is 14.2 Å². The van der Waals surface area contributed by atoms with Crippen LogP contribution in [-0.4, -0.2) is 37.3 Å². The van der Waals surface area contributed by atoms with Crippen molar-refractivity contribution in [3.63, 3.8) is 0 Å². The average Bonchev–Trinajstić information content (AvgIpc) is 3.51. The average molecular weight is 507 g/mol. The van der Waals surface area contributed by atoms with Gasteiger partial charge >= 0.3 is 0 Å². The van der Waals surface area contributed by atoms with E-state index in [2.05, 4.69) is 46.6 Å². The Hall–Kier alpha value is -3.50. The van der Waals surface area contributed by atoms with Crippen molar-refractivity contribution >= 4 is 40.0 Å². The third-order valence-electron chi connectivity index (χ3n) is 5.15. The Morgan fingerprint density at radius 1 is 1.03 bits per heavy atom. The second-order valence-corrected chi connectivity index (χ2v) is 10.6. The normalized spacial score (nSPS) is 11.3. The predicted molar refractivity (Wildman–Crippen MR) is 139 cm³/mol. The van der Waals surface area contributed by atoms with Crippen molar-refractivity contribution in [2.45, 2.75) is 37.9 Å². The lowest BCUT2D eigenvalue weighted by atomic mass is 9.87. The second-order valence-electron chi connectivity index (χ2n) is 8.75. The molecule has 10 heteroatoms. The van der Waals surface area contributed by atoms with Crippen LogP contribution in [0.2, 0.25) is 0 Å². The highest BCUT2D eigenvalue weighted by molar-refractivity contribution is 7.99. The maximum absolute atomic E-state index is 12.8. The van der Waals surface area contributed by atoms with Gasteiger partial charge in [-0.2, -0.15) is 0 Å². The van der Waals surface area contributed by atoms with E-state index in [4.69, 9.17) is 0 Å². The van der Waals surface area contributed by atoms with E-state index >= 15 is 0 Å². The lowest BCUT2D eigenvalue weighted by Crippen LogP contribution is -2.25. The van der Waals surface area contributed by atoms with Crippen molar-refractivity contribution in [3.8, 4) is 5.69 Å². The van der Waals surface area contributed by atoms with E-state index in [0.29, 0.717) is 21.7 Å². The molecule has 0 aliphatic heterocycles. The molecule has 0 unspecified atom stereocenters. The third-order valence-corrected chi connectivity index (χ3v) is 6.76. The zero-order valence-corrected chi connectivity index (χ0v) is 21.3. The number of nitrogens with one attached hydrogen (secondary N) is 2. The van der Waals surface area contributed by atoms with Crippen LogP contribution in [0.15, 0.2) is 71.3 Å². The van der Waals surface area contributed by atoms with E-state index in [-0.39, 0.29) is 29.5 Å². The summed E-state index contributed by atoms with van der Waals surface area (Å²) in [5, 5.41) is 17.2. The minimum atomic E-state index is -0.190. The first-order valence-electron chi connectivity index (χ1n) is 11.0. The summed E-state index contributed by atoms with van der Waals surface area (Å²) in [6.07, 6.45) is 1.64. The number of anilines is 1. The van der Waals surface area contributed by atoms with Crippen LogP contribution in [-0.2, 0) is 16.8 Å². The molecule has 0 fully saturated rings. The Balaban J connectivity index is 1.47. The molecule has 0 aliphatic rings. The predicted octanol–water partition coefficient (Wildman–Crippen LogP) is 4.68.